The molecule has 0 bridgehead atoms. The molecule has 0 aliphatic heterocycles. The van der Waals surface area contributed by atoms with Gasteiger partial charge in [-0.25, -0.2) is 4.99 Å². The van der Waals surface area contributed by atoms with Gasteiger partial charge >= 0.3 is 6.02 Å². The maximum absolute atomic E-state index is 9.66. The molecule has 0 saturated heterocycles. The summed E-state index contributed by atoms with van der Waals surface area (Å²) in [7, 11) is 0. The summed E-state index contributed by atoms with van der Waals surface area (Å²) >= 11 is 0. The molecule has 5 heteroatoms. The summed E-state index contributed by atoms with van der Waals surface area (Å²) in [5.74, 6) is 0.156. The van der Waals surface area contributed by atoms with Crippen molar-refractivity contribution in [1.29, 1.82) is 0 Å². The Bertz CT molecular complexity index is 523. The topological polar surface area (TPSA) is 66.2 Å². The number of hydrogen-bond acceptors (Lipinski definition) is 4. The molecule has 0 unspecified atom stereocenters. The molecular weight excluding hydrogens is 266 g/mol. The van der Waals surface area contributed by atoms with Crippen molar-refractivity contribution in [3.8, 4) is 5.75 Å². The summed E-state index contributed by atoms with van der Waals surface area (Å²) in [6.07, 6.45) is 1.46. The molecule has 2 N–H and O–H groups in total. The molecule has 1 aromatic carbocycles. The first-order valence-corrected chi connectivity index (χ1v) is 6.93. The van der Waals surface area contributed by atoms with E-state index in [2.05, 4.69) is 15.5 Å². The summed E-state index contributed by atoms with van der Waals surface area (Å²) in [6, 6.07) is 7.26. The molecule has 0 amide bonds. The molecule has 1 aromatic rings. The number of phenolic OH excluding ortho intramolecular Hbond substituents is 1. The number of hydrogen-bond donors (Lipinski definition) is 2. The number of amidine groups is 1. The number of aliphatic imine (C=N–C) groups is 1. The average molecular weight is 291 g/mol. The lowest BCUT2D eigenvalue weighted by atomic mass is 10.1. The van der Waals surface area contributed by atoms with Gasteiger partial charge in [-0.15, -0.1) is 0 Å². The van der Waals surface area contributed by atoms with Crippen molar-refractivity contribution in [2.75, 3.05) is 0 Å². The molecule has 21 heavy (non-hydrogen) atoms. The first-order valence-electron chi connectivity index (χ1n) is 6.93. The van der Waals surface area contributed by atoms with Gasteiger partial charge in [-0.1, -0.05) is 17.3 Å². The number of benzene rings is 1. The van der Waals surface area contributed by atoms with E-state index in [1.54, 1.807) is 18.2 Å². The van der Waals surface area contributed by atoms with Gasteiger partial charge in [-0.05, 0) is 53.7 Å². The molecule has 0 aliphatic carbocycles. The first-order chi connectivity index (χ1) is 9.57. The number of oxime groups is 1. The number of para-hydroxylation sites is 1. The second-order valence-corrected chi connectivity index (χ2v) is 6.85. The summed E-state index contributed by atoms with van der Waals surface area (Å²) in [5, 5.41) is 16.7. The van der Waals surface area contributed by atoms with Gasteiger partial charge in [0.25, 0.3) is 0 Å². The molecular formula is C16H25N3O2. The van der Waals surface area contributed by atoms with Crippen LogP contribution in [0.15, 0.2) is 34.4 Å². The smallest absolute Gasteiger partial charge is 0.315 e. The predicted octanol–water partition coefficient (Wildman–Crippen LogP) is 3.29. The Balaban J connectivity index is 2.83. The highest BCUT2D eigenvalue weighted by Gasteiger charge is 2.17. The fraction of sp³-hybridized carbons (Fsp3) is 0.500. The minimum atomic E-state index is -0.280. The van der Waals surface area contributed by atoms with E-state index in [9.17, 15) is 5.11 Å². The summed E-state index contributed by atoms with van der Waals surface area (Å²) < 4.78 is 0. The molecule has 0 aromatic heterocycles. The van der Waals surface area contributed by atoms with E-state index >= 15 is 0 Å². The molecule has 0 heterocycles. The highest BCUT2D eigenvalue weighted by atomic mass is 16.6. The van der Waals surface area contributed by atoms with Crippen LogP contribution in [0, 0.1) is 0 Å². The maximum Gasteiger partial charge on any atom is 0.315 e. The molecule has 116 valence electrons. The van der Waals surface area contributed by atoms with Gasteiger partial charge in [-0.2, -0.15) is 0 Å². The van der Waals surface area contributed by atoms with Gasteiger partial charge in [0.15, 0.2) is 0 Å². The van der Waals surface area contributed by atoms with Gasteiger partial charge in [0.2, 0.25) is 0 Å². The van der Waals surface area contributed by atoms with Gasteiger partial charge in [0.1, 0.15) is 5.75 Å². The largest absolute Gasteiger partial charge is 0.507 e. The zero-order valence-corrected chi connectivity index (χ0v) is 13.6. The van der Waals surface area contributed by atoms with E-state index in [1.165, 1.54) is 6.21 Å². The Kier molecular flexibility index (Phi) is 5.35. The van der Waals surface area contributed by atoms with Gasteiger partial charge < -0.3 is 15.3 Å². The third-order valence-electron chi connectivity index (χ3n) is 2.19. The molecule has 0 radical (unpaired) electrons. The second kappa shape index (κ2) is 6.61. The van der Waals surface area contributed by atoms with Crippen LogP contribution >= 0.6 is 0 Å². The maximum atomic E-state index is 9.66. The Morgan fingerprint density at radius 1 is 1.14 bits per heavy atom. The molecule has 0 spiro atoms. The van der Waals surface area contributed by atoms with Crippen LogP contribution in [0.1, 0.15) is 47.1 Å². The standard InChI is InChI=1S/C16H25N3O2/c1-15(2,3)18-14(19-16(4,5)6)21-17-11-12-9-7-8-10-13(12)20/h7-11,20H,1-6H3,(H,18,19). The van der Waals surface area contributed by atoms with E-state index in [4.69, 9.17) is 4.84 Å². The Morgan fingerprint density at radius 2 is 1.76 bits per heavy atom. The van der Waals surface area contributed by atoms with Crippen molar-refractivity contribution in [3.63, 3.8) is 0 Å². The number of aromatic hydroxyl groups is 1. The number of nitrogens with zero attached hydrogens (tertiary/aromatic N) is 2. The predicted molar refractivity (Wildman–Crippen MR) is 86.9 cm³/mol. The Morgan fingerprint density at radius 3 is 2.29 bits per heavy atom. The summed E-state index contributed by atoms with van der Waals surface area (Å²) in [4.78, 5) is 9.81. The molecule has 0 saturated carbocycles. The van der Waals surface area contributed by atoms with Crippen molar-refractivity contribution >= 4 is 12.2 Å². The lowest BCUT2D eigenvalue weighted by Gasteiger charge is -2.23. The van der Waals surface area contributed by atoms with Crippen molar-refractivity contribution in [1.82, 2.24) is 5.32 Å². The van der Waals surface area contributed by atoms with Gasteiger partial charge in [-0.3, -0.25) is 0 Å². The van der Waals surface area contributed by atoms with Crippen molar-refractivity contribution in [3.05, 3.63) is 29.8 Å². The Hall–Kier alpha value is -2.04. The third-order valence-corrected chi connectivity index (χ3v) is 2.19. The van der Waals surface area contributed by atoms with Crippen LogP contribution in [0.25, 0.3) is 0 Å². The fourth-order valence-corrected chi connectivity index (χ4v) is 1.43. The summed E-state index contributed by atoms with van der Waals surface area (Å²) in [5.41, 5.74) is 0.121. The average Bonchev–Trinajstić information content (AvgIpc) is 2.27. The van der Waals surface area contributed by atoms with E-state index in [1.807, 2.05) is 47.6 Å². The third kappa shape index (κ3) is 7.34. The zero-order valence-electron chi connectivity index (χ0n) is 13.6. The van der Waals surface area contributed by atoms with Crippen LogP contribution < -0.4 is 5.32 Å². The van der Waals surface area contributed by atoms with Crippen LogP contribution in [0.5, 0.6) is 5.75 Å². The van der Waals surface area contributed by atoms with E-state index < -0.39 is 0 Å². The molecule has 0 fully saturated rings. The quantitative estimate of drug-likeness (QED) is 0.499. The number of nitrogens with one attached hydrogen (secondary N) is 1. The molecule has 5 nitrogen and oxygen atoms in total. The normalized spacial score (nSPS) is 13.5. The summed E-state index contributed by atoms with van der Waals surface area (Å²) in [6.45, 7) is 12.0. The van der Waals surface area contributed by atoms with Crippen LogP contribution in [0.2, 0.25) is 0 Å². The monoisotopic (exact) mass is 291 g/mol. The van der Waals surface area contributed by atoms with Gasteiger partial charge in [0.05, 0.1) is 11.8 Å². The van der Waals surface area contributed by atoms with Crippen LogP contribution in [-0.2, 0) is 4.84 Å². The fourth-order valence-electron chi connectivity index (χ4n) is 1.43. The van der Waals surface area contributed by atoms with Crippen molar-refractivity contribution in [2.45, 2.75) is 52.6 Å². The number of phenols is 1. The van der Waals surface area contributed by atoms with E-state index in [-0.39, 0.29) is 16.8 Å². The number of rotatable bonds is 2. The lowest BCUT2D eigenvalue weighted by Crippen LogP contribution is -2.42. The van der Waals surface area contributed by atoms with Gasteiger partial charge in [0, 0.05) is 11.1 Å². The van der Waals surface area contributed by atoms with E-state index in [0.717, 1.165) is 0 Å². The molecule has 0 atom stereocenters. The minimum Gasteiger partial charge on any atom is -0.507 e. The SMILES string of the molecule is CC(C)(C)N=C(NC(C)(C)C)ON=Cc1ccccc1O. The highest BCUT2D eigenvalue weighted by Crippen LogP contribution is 2.13. The van der Waals surface area contributed by atoms with Crippen LogP contribution in [0.3, 0.4) is 0 Å². The zero-order chi connectivity index (χ0) is 16.1. The first kappa shape index (κ1) is 17.0. The molecule has 1 rings (SSSR count). The Labute approximate surface area is 126 Å². The second-order valence-electron chi connectivity index (χ2n) is 6.85. The molecule has 0 aliphatic rings. The lowest BCUT2D eigenvalue weighted by molar-refractivity contribution is 0.288. The van der Waals surface area contributed by atoms with Crippen molar-refractivity contribution in [2.24, 2.45) is 10.1 Å². The van der Waals surface area contributed by atoms with E-state index in [0.29, 0.717) is 11.6 Å². The minimum absolute atomic E-state index is 0.156. The van der Waals surface area contributed by atoms with Crippen LogP contribution in [-0.4, -0.2) is 28.4 Å². The van der Waals surface area contributed by atoms with Crippen LogP contribution in [0.4, 0.5) is 0 Å². The van der Waals surface area contributed by atoms with Crippen molar-refractivity contribution < 1.29 is 9.94 Å². The highest BCUT2D eigenvalue weighted by molar-refractivity contribution is 5.84.